The maximum absolute atomic E-state index is 12.6. The second-order valence-electron chi connectivity index (χ2n) is 6.41. The predicted molar refractivity (Wildman–Crippen MR) is 122 cm³/mol. The number of rotatable bonds is 7. The van der Waals surface area contributed by atoms with Crippen molar-refractivity contribution in [3.8, 4) is 11.5 Å². The summed E-state index contributed by atoms with van der Waals surface area (Å²) in [5, 5.41) is 3.30. The minimum Gasteiger partial charge on any atom is -0.490 e. The van der Waals surface area contributed by atoms with Gasteiger partial charge in [-0.3, -0.25) is 15.6 Å². The molecule has 3 aromatic rings. The van der Waals surface area contributed by atoms with Gasteiger partial charge >= 0.3 is 0 Å². The smallest absolute Gasteiger partial charge is 0.273 e. The molecule has 0 unspecified atom stereocenters. The topological polar surface area (TPSA) is 71.6 Å². The van der Waals surface area contributed by atoms with E-state index in [4.69, 9.17) is 21.7 Å². The zero-order valence-corrected chi connectivity index (χ0v) is 17.4. The van der Waals surface area contributed by atoms with Gasteiger partial charge in [0.05, 0.1) is 5.56 Å². The average molecular weight is 422 g/mol. The summed E-state index contributed by atoms with van der Waals surface area (Å²) < 4.78 is 11.3. The highest BCUT2D eigenvalue weighted by Crippen LogP contribution is 2.18. The van der Waals surface area contributed by atoms with Gasteiger partial charge in [-0.15, -0.1) is 0 Å². The maximum Gasteiger partial charge on any atom is 0.273 e. The number of anilines is 1. The van der Waals surface area contributed by atoms with Crippen molar-refractivity contribution < 1.29 is 14.3 Å². The van der Waals surface area contributed by atoms with Crippen molar-refractivity contribution in [2.45, 2.75) is 6.92 Å². The molecule has 0 heterocycles. The van der Waals surface area contributed by atoms with Crippen LogP contribution >= 0.6 is 12.2 Å². The molecule has 0 spiro atoms. The lowest BCUT2D eigenvalue weighted by Crippen LogP contribution is -2.43. The molecule has 3 aromatic carbocycles. The molecule has 0 aliphatic carbocycles. The lowest BCUT2D eigenvalue weighted by Gasteiger charge is -2.14. The Morgan fingerprint density at radius 3 is 2.40 bits per heavy atom. The minimum absolute atomic E-state index is 0.281. The van der Waals surface area contributed by atoms with Crippen molar-refractivity contribution in [3.63, 3.8) is 0 Å². The molecule has 0 fully saturated rings. The Morgan fingerprint density at radius 1 is 0.867 bits per heavy atom. The van der Waals surface area contributed by atoms with Crippen molar-refractivity contribution in [1.29, 1.82) is 0 Å². The standard InChI is InChI=1S/C23H23N3O3S/c1-17-8-7-9-18(16-17)24-23(30)26-25-22(27)20-12-5-6-13-21(20)29-15-14-28-19-10-3-2-4-11-19/h2-13,16H,14-15H2,1H3,(H,25,27)(H2,24,26,30). The van der Waals surface area contributed by atoms with Gasteiger partial charge in [-0.1, -0.05) is 42.5 Å². The monoisotopic (exact) mass is 421 g/mol. The van der Waals surface area contributed by atoms with Gasteiger partial charge in [0.25, 0.3) is 5.91 Å². The molecule has 154 valence electrons. The second kappa shape index (κ2) is 10.8. The zero-order chi connectivity index (χ0) is 21.2. The van der Waals surface area contributed by atoms with Crippen LogP contribution in [0.1, 0.15) is 15.9 Å². The van der Waals surface area contributed by atoms with Crippen LogP contribution in [0.3, 0.4) is 0 Å². The van der Waals surface area contributed by atoms with Gasteiger partial charge in [-0.05, 0) is 61.1 Å². The summed E-state index contributed by atoms with van der Waals surface area (Å²) in [4.78, 5) is 12.6. The molecule has 0 saturated heterocycles. The molecule has 0 saturated carbocycles. The summed E-state index contributed by atoms with van der Waals surface area (Å²) in [5.74, 6) is 0.875. The molecule has 0 atom stereocenters. The summed E-state index contributed by atoms with van der Waals surface area (Å²) in [6.45, 7) is 2.66. The summed E-state index contributed by atoms with van der Waals surface area (Å²) in [6, 6.07) is 24.2. The molecule has 0 aliphatic rings. The fourth-order valence-corrected chi connectivity index (χ4v) is 2.84. The molecular weight excluding hydrogens is 398 g/mol. The Morgan fingerprint density at radius 2 is 1.60 bits per heavy atom. The first-order valence-corrected chi connectivity index (χ1v) is 9.86. The SMILES string of the molecule is Cc1cccc(NC(=S)NNC(=O)c2ccccc2OCCOc2ccccc2)c1. The molecule has 6 nitrogen and oxygen atoms in total. The number of para-hydroxylation sites is 2. The first-order valence-electron chi connectivity index (χ1n) is 9.45. The number of carbonyl (C=O) groups excluding carboxylic acids is 1. The van der Waals surface area contributed by atoms with E-state index in [1.165, 1.54) is 0 Å². The Hall–Kier alpha value is -3.58. The fraction of sp³-hybridized carbons (Fsp3) is 0.130. The first-order chi connectivity index (χ1) is 14.6. The number of hydrazine groups is 1. The van der Waals surface area contributed by atoms with E-state index in [-0.39, 0.29) is 11.0 Å². The summed E-state index contributed by atoms with van der Waals surface area (Å²) in [7, 11) is 0. The fourth-order valence-electron chi connectivity index (χ4n) is 2.67. The molecule has 1 amide bonds. The van der Waals surface area contributed by atoms with Crippen LogP contribution in [0.4, 0.5) is 5.69 Å². The third-order valence-electron chi connectivity index (χ3n) is 4.05. The van der Waals surface area contributed by atoms with Crippen LogP contribution in [0, 0.1) is 6.92 Å². The summed E-state index contributed by atoms with van der Waals surface area (Å²) in [6.07, 6.45) is 0. The van der Waals surface area contributed by atoms with E-state index >= 15 is 0 Å². The summed E-state index contributed by atoms with van der Waals surface area (Å²) >= 11 is 5.23. The van der Waals surface area contributed by atoms with Crippen molar-refractivity contribution in [1.82, 2.24) is 10.9 Å². The highest BCUT2D eigenvalue weighted by molar-refractivity contribution is 7.80. The number of ether oxygens (including phenoxy) is 2. The Labute approximate surface area is 181 Å². The van der Waals surface area contributed by atoms with E-state index in [0.29, 0.717) is 24.5 Å². The third-order valence-corrected chi connectivity index (χ3v) is 4.25. The Kier molecular flexibility index (Phi) is 7.63. The normalized spacial score (nSPS) is 10.0. The number of aryl methyl sites for hydroxylation is 1. The molecule has 3 N–H and O–H groups in total. The van der Waals surface area contributed by atoms with Crippen LogP contribution in [-0.4, -0.2) is 24.2 Å². The van der Waals surface area contributed by atoms with Crippen LogP contribution in [0.25, 0.3) is 0 Å². The average Bonchev–Trinajstić information content (AvgIpc) is 2.76. The number of nitrogens with one attached hydrogen (secondary N) is 3. The minimum atomic E-state index is -0.358. The van der Waals surface area contributed by atoms with E-state index in [9.17, 15) is 4.79 Å². The molecule has 7 heteroatoms. The van der Waals surface area contributed by atoms with Gasteiger partial charge in [0, 0.05) is 5.69 Å². The molecule has 0 aliphatic heterocycles. The molecule has 0 aromatic heterocycles. The lowest BCUT2D eigenvalue weighted by atomic mass is 10.2. The molecule has 0 radical (unpaired) electrons. The highest BCUT2D eigenvalue weighted by Gasteiger charge is 2.12. The predicted octanol–water partition coefficient (Wildman–Crippen LogP) is 4.08. The first kappa shape index (κ1) is 21.1. The van der Waals surface area contributed by atoms with Gasteiger partial charge < -0.3 is 14.8 Å². The molecular formula is C23H23N3O3S. The number of carbonyl (C=O) groups is 1. The van der Waals surface area contributed by atoms with Crippen molar-refractivity contribution in [2.24, 2.45) is 0 Å². The Balaban J connectivity index is 1.49. The lowest BCUT2D eigenvalue weighted by molar-refractivity contribution is 0.0939. The van der Waals surface area contributed by atoms with Crippen molar-refractivity contribution in [3.05, 3.63) is 90.0 Å². The van der Waals surface area contributed by atoms with E-state index in [1.807, 2.05) is 67.6 Å². The second-order valence-corrected chi connectivity index (χ2v) is 6.82. The molecule has 30 heavy (non-hydrogen) atoms. The van der Waals surface area contributed by atoms with Crippen molar-refractivity contribution >= 4 is 28.9 Å². The number of thiocarbonyl (C=S) groups is 1. The zero-order valence-electron chi connectivity index (χ0n) is 16.6. The van der Waals surface area contributed by atoms with E-state index in [2.05, 4.69) is 16.2 Å². The van der Waals surface area contributed by atoms with Gasteiger partial charge in [0.1, 0.15) is 24.7 Å². The number of hydrogen-bond acceptors (Lipinski definition) is 4. The van der Waals surface area contributed by atoms with Crippen LogP contribution in [0.15, 0.2) is 78.9 Å². The van der Waals surface area contributed by atoms with Gasteiger partial charge in [-0.25, -0.2) is 0 Å². The van der Waals surface area contributed by atoms with Crippen LogP contribution in [0.5, 0.6) is 11.5 Å². The molecule has 3 rings (SSSR count). The van der Waals surface area contributed by atoms with Crippen LogP contribution in [-0.2, 0) is 0 Å². The van der Waals surface area contributed by atoms with Gasteiger partial charge in [-0.2, -0.15) is 0 Å². The quantitative estimate of drug-likeness (QED) is 0.303. The van der Waals surface area contributed by atoms with Crippen LogP contribution < -0.4 is 25.6 Å². The number of amides is 1. The largest absolute Gasteiger partial charge is 0.490 e. The highest BCUT2D eigenvalue weighted by atomic mass is 32.1. The number of benzene rings is 3. The maximum atomic E-state index is 12.6. The van der Waals surface area contributed by atoms with E-state index < -0.39 is 0 Å². The Bertz CT molecular complexity index is 996. The number of hydrogen-bond donors (Lipinski definition) is 3. The van der Waals surface area contributed by atoms with E-state index in [0.717, 1.165) is 17.0 Å². The van der Waals surface area contributed by atoms with Crippen LogP contribution in [0.2, 0.25) is 0 Å². The van der Waals surface area contributed by atoms with Gasteiger partial charge in [0.15, 0.2) is 5.11 Å². The molecule has 0 bridgehead atoms. The third kappa shape index (κ3) is 6.49. The van der Waals surface area contributed by atoms with E-state index in [1.54, 1.807) is 18.2 Å². The van der Waals surface area contributed by atoms with Gasteiger partial charge in [0.2, 0.25) is 0 Å². The van der Waals surface area contributed by atoms with Crippen molar-refractivity contribution in [2.75, 3.05) is 18.5 Å². The summed E-state index contributed by atoms with van der Waals surface area (Å²) in [5.41, 5.74) is 7.63.